The second-order valence-electron chi connectivity index (χ2n) is 10.9. The number of nitrogens with one attached hydrogen (secondary N) is 1. The third-order valence-electron chi connectivity index (χ3n) is 7.80. The Hall–Kier alpha value is -3.61. The van der Waals surface area contributed by atoms with Crippen LogP contribution in [0.1, 0.15) is 13.3 Å². The molecule has 0 atom stereocenters. The predicted octanol–water partition coefficient (Wildman–Crippen LogP) is 3.33. The Kier molecular flexibility index (Phi) is 8.60. The fourth-order valence-electron chi connectivity index (χ4n) is 5.43. The van der Waals surface area contributed by atoms with E-state index in [0.29, 0.717) is 25.6 Å². The minimum Gasteiger partial charge on any atom is -0.492 e. The minimum atomic E-state index is -3.15. The first kappa shape index (κ1) is 29.5. The van der Waals surface area contributed by atoms with Gasteiger partial charge in [-0.2, -0.15) is 10.4 Å². The van der Waals surface area contributed by atoms with Gasteiger partial charge in [0.15, 0.2) is 9.84 Å². The van der Waals surface area contributed by atoms with E-state index in [0.717, 1.165) is 65.8 Å². The fourth-order valence-corrected chi connectivity index (χ4v) is 7.20. The Labute approximate surface area is 254 Å². The molecule has 0 radical (unpaired) electrons. The van der Waals surface area contributed by atoms with Crippen LogP contribution in [0, 0.1) is 11.3 Å². The van der Waals surface area contributed by atoms with Gasteiger partial charge in [0, 0.05) is 55.9 Å². The van der Waals surface area contributed by atoms with Gasteiger partial charge in [0.1, 0.15) is 23.8 Å². The van der Waals surface area contributed by atoms with Crippen LogP contribution in [0.25, 0.3) is 21.5 Å². The molecule has 2 aliphatic rings. The van der Waals surface area contributed by atoms with Crippen molar-refractivity contribution >= 4 is 43.0 Å². The molecule has 2 saturated heterocycles. The quantitative estimate of drug-likeness (QED) is 0.249. The lowest BCUT2D eigenvalue weighted by atomic mass is 9.87. The topological polar surface area (TPSA) is 138 Å². The molecule has 0 saturated carbocycles. The number of ether oxygens (including phenoxy) is 2. The molecular formula is C29H34N8O4S2. The van der Waals surface area contributed by atoms with Crippen LogP contribution in [0.3, 0.4) is 0 Å². The highest BCUT2D eigenvalue weighted by atomic mass is 32.2. The Morgan fingerprint density at radius 2 is 1.93 bits per heavy atom. The van der Waals surface area contributed by atoms with Crippen molar-refractivity contribution in [2.24, 2.45) is 0 Å². The van der Waals surface area contributed by atoms with Crippen molar-refractivity contribution in [1.29, 1.82) is 5.26 Å². The number of fused-ring (bicyclic) bond motifs is 1. The normalized spacial score (nSPS) is 17.4. The minimum absolute atomic E-state index is 0.0108. The number of aromatic nitrogens is 4. The number of sulfone groups is 1. The van der Waals surface area contributed by atoms with Crippen molar-refractivity contribution in [3.05, 3.63) is 48.1 Å². The molecule has 2 aliphatic heterocycles. The van der Waals surface area contributed by atoms with Crippen LogP contribution >= 0.6 is 11.3 Å². The lowest BCUT2D eigenvalue weighted by Crippen LogP contribution is -2.63. The molecule has 1 N–H and O–H groups in total. The van der Waals surface area contributed by atoms with Gasteiger partial charge in [0.2, 0.25) is 5.95 Å². The first-order valence-electron chi connectivity index (χ1n) is 14.3. The molecule has 0 spiro atoms. The second kappa shape index (κ2) is 12.6. The first-order valence-corrected chi connectivity index (χ1v) is 17.0. The third kappa shape index (κ3) is 6.66. The number of benzene rings is 1. The molecular weight excluding hydrogens is 589 g/mol. The molecule has 6 rings (SSSR count). The Morgan fingerprint density at radius 1 is 1.14 bits per heavy atom. The number of hydrogen-bond acceptors (Lipinski definition) is 12. The van der Waals surface area contributed by atoms with Gasteiger partial charge in [0.05, 0.1) is 47.8 Å². The summed E-state index contributed by atoms with van der Waals surface area (Å²) in [5.41, 5.74) is 2.62. The van der Waals surface area contributed by atoms with Gasteiger partial charge in [0.25, 0.3) is 0 Å². The van der Waals surface area contributed by atoms with Crippen LogP contribution in [0.2, 0.25) is 0 Å². The summed E-state index contributed by atoms with van der Waals surface area (Å²) < 4.78 is 38.3. The summed E-state index contributed by atoms with van der Waals surface area (Å²) in [7, 11) is -3.15. The van der Waals surface area contributed by atoms with Crippen molar-refractivity contribution in [1.82, 2.24) is 29.5 Å². The zero-order valence-corrected chi connectivity index (χ0v) is 25.6. The van der Waals surface area contributed by atoms with Gasteiger partial charge >= 0.3 is 0 Å². The summed E-state index contributed by atoms with van der Waals surface area (Å²) in [4.78, 5) is 13.8. The maximum atomic E-state index is 12.1. The molecule has 4 aromatic rings. The van der Waals surface area contributed by atoms with Crippen molar-refractivity contribution < 1.29 is 17.9 Å². The van der Waals surface area contributed by atoms with Crippen LogP contribution in [-0.4, -0.2) is 102 Å². The Morgan fingerprint density at radius 3 is 2.67 bits per heavy atom. The molecule has 0 amide bonds. The van der Waals surface area contributed by atoms with Crippen LogP contribution in [0.4, 0.5) is 11.6 Å². The Bertz CT molecular complexity index is 1700. The molecule has 3 aromatic heterocycles. The average Bonchev–Trinajstić information content (AvgIpc) is 3.68. The van der Waals surface area contributed by atoms with Crippen LogP contribution in [0.15, 0.2) is 48.1 Å². The summed E-state index contributed by atoms with van der Waals surface area (Å²) in [5, 5.41) is 19.5. The van der Waals surface area contributed by atoms with E-state index < -0.39 is 15.4 Å². The van der Waals surface area contributed by atoms with Crippen molar-refractivity contribution in [2.45, 2.75) is 18.9 Å². The molecule has 1 aromatic carbocycles. The van der Waals surface area contributed by atoms with E-state index in [4.69, 9.17) is 19.4 Å². The molecule has 14 heteroatoms. The van der Waals surface area contributed by atoms with E-state index in [2.05, 4.69) is 21.4 Å². The number of rotatable bonds is 12. The maximum absolute atomic E-state index is 12.1. The lowest BCUT2D eigenvalue weighted by molar-refractivity contribution is 0.0197. The highest BCUT2D eigenvalue weighted by Crippen LogP contribution is 2.36. The van der Waals surface area contributed by atoms with E-state index in [9.17, 15) is 13.7 Å². The van der Waals surface area contributed by atoms with Gasteiger partial charge in [-0.15, -0.1) is 11.3 Å². The van der Waals surface area contributed by atoms with Crippen LogP contribution in [-0.2, 0) is 20.1 Å². The number of nitrogens with zero attached hydrogens (tertiary/aromatic N) is 7. The fraction of sp³-hybridized carbons (Fsp3) is 0.448. The largest absolute Gasteiger partial charge is 0.492 e. The summed E-state index contributed by atoms with van der Waals surface area (Å²) in [5.74, 6) is 1.34. The highest BCUT2D eigenvalue weighted by molar-refractivity contribution is 7.91. The van der Waals surface area contributed by atoms with Crippen LogP contribution < -0.4 is 10.1 Å². The summed E-state index contributed by atoms with van der Waals surface area (Å²) in [6.07, 6.45) is 3.88. The number of likely N-dealkylation sites (tertiary alicyclic amines) is 1. The summed E-state index contributed by atoms with van der Waals surface area (Å²) >= 11 is 1.56. The molecule has 0 unspecified atom stereocenters. The number of morpholine rings is 1. The van der Waals surface area contributed by atoms with E-state index in [1.165, 1.54) is 0 Å². The third-order valence-corrected chi connectivity index (χ3v) is 10.3. The average molecular weight is 623 g/mol. The van der Waals surface area contributed by atoms with E-state index >= 15 is 0 Å². The monoisotopic (exact) mass is 622 g/mol. The smallest absolute Gasteiger partial charge is 0.228 e. The van der Waals surface area contributed by atoms with Crippen molar-refractivity contribution in [2.75, 3.05) is 69.5 Å². The van der Waals surface area contributed by atoms with Gasteiger partial charge in [-0.25, -0.2) is 18.4 Å². The SMILES string of the molecule is CCS(=O)(=O)CN1CC(CC#N)(n2cc(-c3nc(Nc4ccc(OCCN5CCOCC5)cc4)nc4ccsc34)cn2)C1. The predicted molar refractivity (Wildman–Crippen MR) is 165 cm³/mol. The molecule has 12 nitrogen and oxygen atoms in total. The van der Waals surface area contributed by atoms with Crippen molar-refractivity contribution in [3.63, 3.8) is 0 Å². The van der Waals surface area contributed by atoms with E-state index in [-0.39, 0.29) is 18.1 Å². The van der Waals surface area contributed by atoms with Crippen molar-refractivity contribution in [3.8, 4) is 23.1 Å². The molecule has 5 heterocycles. The summed E-state index contributed by atoms with van der Waals surface area (Å²) in [6.45, 7) is 7.45. The number of hydrogen-bond donors (Lipinski definition) is 1. The van der Waals surface area contributed by atoms with Gasteiger partial charge in [-0.05, 0) is 35.7 Å². The standard InChI is InChI=1S/C29H34N8O4S2/c1-2-43(38,39)21-36-19-29(20-36,8-9-30)37-18-22(17-31-37)26-27-25(7-16-42-27)33-28(34-26)32-23-3-5-24(6-4-23)41-15-12-35-10-13-40-14-11-35/h3-7,16-18H,2,8,10-15,19-21H2,1H3,(H,32,33,34). The van der Waals surface area contributed by atoms with Gasteiger partial charge in [-0.1, -0.05) is 6.92 Å². The zero-order valence-electron chi connectivity index (χ0n) is 24.0. The van der Waals surface area contributed by atoms with Gasteiger partial charge < -0.3 is 14.8 Å². The molecule has 0 aliphatic carbocycles. The molecule has 43 heavy (non-hydrogen) atoms. The number of nitriles is 1. The van der Waals surface area contributed by atoms with Gasteiger partial charge in [-0.3, -0.25) is 14.5 Å². The maximum Gasteiger partial charge on any atom is 0.228 e. The highest BCUT2D eigenvalue weighted by Gasteiger charge is 2.46. The second-order valence-corrected chi connectivity index (χ2v) is 14.1. The van der Waals surface area contributed by atoms with Crippen LogP contribution in [0.5, 0.6) is 5.75 Å². The zero-order chi connectivity index (χ0) is 29.9. The molecule has 226 valence electrons. The lowest BCUT2D eigenvalue weighted by Gasteiger charge is -2.48. The number of thiophene rings is 1. The molecule has 0 bridgehead atoms. The van der Waals surface area contributed by atoms with E-state index in [1.54, 1.807) is 29.1 Å². The van der Waals surface area contributed by atoms with E-state index in [1.807, 2.05) is 46.8 Å². The Balaban J connectivity index is 1.16. The first-order chi connectivity index (χ1) is 20.9. The number of anilines is 2. The summed E-state index contributed by atoms with van der Waals surface area (Å²) in [6, 6.07) is 12.0. The molecule has 2 fully saturated rings.